The molecular weight excluding hydrogens is 374 g/mol. The third-order valence-corrected chi connectivity index (χ3v) is 4.62. The van der Waals surface area contributed by atoms with Gasteiger partial charge in [0.25, 0.3) is 11.9 Å². The SMILES string of the molecule is CCc1ccc(Nc2nc3cc(NC(=O)c4ccc(Cl)cc4)ccc3o2)cc1. The van der Waals surface area contributed by atoms with Gasteiger partial charge in [0.1, 0.15) is 5.52 Å². The number of hydrogen-bond acceptors (Lipinski definition) is 4. The molecule has 4 aromatic rings. The van der Waals surface area contributed by atoms with Gasteiger partial charge in [-0.15, -0.1) is 0 Å². The van der Waals surface area contributed by atoms with E-state index in [1.54, 1.807) is 42.5 Å². The van der Waals surface area contributed by atoms with Crippen molar-refractivity contribution in [1.29, 1.82) is 0 Å². The van der Waals surface area contributed by atoms with Crippen molar-refractivity contribution in [3.63, 3.8) is 0 Å². The molecule has 140 valence electrons. The Labute approximate surface area is 167 Å². The van der Waals surface area contributed by atoms with E-state index in [4.69, 9.17) is 16.0 Å². The number of aromatic nitrogens is 1. The van der Waals surface area contributed by atoms with Gasteiger partial charge in [-0.2, -0.15) is 4.98 Å². The van der Waals surface area contributed by atoms with Crippen LogP contribution < -0.4 is 10.6 Å². The molecule has 3 aromatic carbocycles. The van der Waals surface area contributed by atoms with Crippen molar-refractivity contribution in [3.05, 3.63) is 82.9 Å². The third-order valence-electron chi connectivity index (χ3n) is 4.37. The van der Waals surface area contributed by atoms with Crippen molar-refractivity contribution in [1.82, 2.24) is 4.98 Å². The van der Waals surface area contributed by atoms with Crippen molar-refractivity contribution in [2.75, 3.05) is 10.6 Å². The third kappa shape index (κ3) is 4.00. The van der Waals surface area contributed by atoms with Gasteiger partial charge in [-0.25, -0.2) is 0 Å². The molecule has 1 aromatic heterocycles. The molecule has 4 rings (SSSR count). The number of nitrogens with zero attached hydrogens (tertiary/aromatic N) is 1. The van der Waals surface area contributed by atoms with Gasteiger partial charge in [0.05, 0.1) is 0 Å². The van der Waals surface area contributed by atoms with Gasteiger partial charge >= 0.3 is 0 Å². The molecule has 0 bridgehead atoms. The summed E-state index contributed by atoms with van der Waals surface area (Å²) >= 11 is 5.86. The van der Waals surface area contributed by atoms with Crippen molar-refractivity contribution < 1.29 is 9.21 Å². The molecule has 0 atom stereocenters. The van der Waals surface area contributed by atoms with E-state index in [1.165, 1.54) is 5.56 Å². The minimum atomic E-state index is -0.214. The van der Waals surface area contributed by atoms with Gasteiger partial charge in [0, 0.05) is 22.0 Å². The van der Waals surface area contributed by atoms with Crippen LogP contribution in [0.4, 0.5) is 17.4 Å². The maximum atomic E-state index is 12.3. The highest BCUT2D eigenvalue weighted by Crippen LogP contribution is 2.25. The van der Waals surface area contributed by atoms with Gasteiger partial charge in [-0.3, -0.25) is 4.79 Å². The Morgan fingerprint density at radius 2 is 1.71 bits per heavy atom. The molecule has 28 heavy (non-hydrogen) atoms. The Bertz CT molecular complexity index is 1120. The van der Waals surface area contributed by atoms with E-state index in [2.05, 4.69) is 34.7 Å². The summed E-state index contributed by atoms with van der Waals surface area (Å²) in [5.41, 5.74) is 4.63. The fourth-order valence-electron chi connectivity index (χ4n) is 2.81. The molecule has 0 fully saturated rings. The second-order valence-corrected chi connectivity index (χ2v) is 6.77. The molecule has 0 saturated heterocycles. The van der Waals surface area contributed by atoms with Crippen molar-refractivity contribution in [2.24, 2.45) is 0 Å². The van der Waals surface area contributed by atoms with Crippen molar-refractivity contribution in [3.8, 4) is 0 Å². The first-order valence-electron chi connectivity index (χ1n) is 8.94. The van der Waals surface area contributed by atoms with E-state index in [1.807, 2.05) is 12.1 Å². The largest absolute Gasteiger partial charge is 0.423 e. The molecule has 0 aliphatic heterocycles. The summed E-state index contributed by atoms with van der Waals surface area (Å²) in [4.78, 5) is 16.8. The van der Waals surface area contributed by atoms with Crippen LogP contribution in [0.2, 0.25) is 5.02 Å². The van der Waals surface area contributed by atoms with Gasteiger partial charge in [0.15, 0.2) is 5.58 Å². The lowest BCUT2D eigenvalue weighted by Gasteiger charge is -2.04. The van der Waals surface area contributed by atoms with Crippen molar-refractivity contribution >= 4 is 46.0 Å². The number of rotatable bonds is 5. The van der Waals surface area contributed by atoms with E-state index in [9.17, 15) is 4.79 Å². The van der Waals surface area contributed by atoms with Crippen LogP contribution in [0.3, 0.4) is 0 Å². The smallest absolute Gasteiger partial charge is 0.300 e. The monoisotopic (exact) mass is 391 g/mol. The van der Waals surface area contributed by atoms with E-state index >= 15 is 0 Å². The molecular formula is C22H18ClN3O2. The fourth-order valence-corrected chi connectivity index (χ4v) is 2.94. The second-order valence-electron chi connectivity index (χ2n) is 6.34. The highest BCUT2D eigenvalue weighted by atomic mass is 35.5. The van der Waals surface area contributed by atoms with Crippen LogP contribution in [-0.2, 0) is 6.42 Å². The molecule has 0 aliphatic carbocycles. The van der Waals surface area contributed by atoms with Gasteiger partial charge in [-0.1, -0.05) is 30.7 Å². The molecule has 0 spiro atoms. The number of amides is 1. The zero-order valence-electron chi connectivity index (χ0n) is 15.2. The van der Waals surface area contributed by atoms with E-state index in [0.29, 0.717) is 33.4 Å². The summed E-state index contributed by atoms with van der Waals surface area (Å²) in [7, 11) is 0. The van der Waals surface area contributed by atoms with E-state index < -0.39 is 0 Å². The predicted molar refractivity (Wildman–Crippen MR) is 113 cm³/mol. The number of carbonyl (C=O) groups is 1. The second kappa shape index (κ2) is 7.74. The molecule has 1 heterocycles. The van der Waals surface area contributed by atoms with Crippen molar-refractivity contribution in [2.45, 2.75) is 13.3 Å². The first kappa shape index (κ1) is 18.1. The maximum Gasteiger partial charge on any atom is 0.300 e. The Morgan fingerprint density at radius 3 is 2.43 bits per heavy atom. The number of anilines is 3. The molecule has 0 aliphatic rings. The quantitative estimate of drug-likeness (QED) is 0.435. The van der Waals surface area contributed by atoms with Crippen LogP contribution in [0.15, 0.2) is 71.1 Å². The number of hydrogen-bond donors (Lipinski definition) is 2. The normalized spacial score (nSPS) is 10.8. The Morgan fingerprint density at radius 1 is 1.00 bits per heavy atom. The molecule has 0 saturated carbocycles. The standard InChI is InChI=1S/C22H18ClN3O2/c1-2-14-3-9-17(10-4-14)25-22-26-19-13-18(11-12-20(19)28-22)24-21(27)15-5-7-16(23)8-6-15/h3-13H,2H2,1H3,(H,24,27)(H,25,26). The predicted octanol–water partition coefficient (Wildman–Crippen LogP) is 6.04. The zero-order chi connectivity index (χ0) is 19.5. The lowest BCUT2D eigenvalue weighted by molar-refractivity contribution is 0.102. The summed E-state index contributed by atoms with van der Waals surface area (Å²) in [6, 6.07) is 20.6. The van der Waals surface area contributed by atoms with Crippen LogP contribution in [0, 0.1) is 0 Å². The average molecular weight is 392 g/mol. The minimum absolute atomic E-state index is 0.214. The topological polar surface area (TPSA) is 67.2 Å². The van der Waals surface area contributed by atoms with E-state index in [-0.39, 0.29) is 5.91 Å². The van der Waals surface area contributed by atoms with Crippen LogP contribution in [0.5, 0.6) is 0 Å². The van der Waals surface area contributed by atoms with Crippen LogP contribution in [-0.4, -0.2) is 10.9 Å². The van der Waals surface area contributed by atoms with Crippen LogP contribution in [0.25, 0.3) is 11.1 Å². The highest BCUT2D eigenvalue weighted by molar-refractivity contribution is 6.30. The van der Waals surface area contributed by atoms with Crippen LogP contribution >= 0.6 is 11.6 Å². The molecule has 2 N–H and O–H groups in total. The number of carbonyl (C=O) groups excluding carboxylic acids is 1. The Hall–Kier alpha value is -3.31. The molecule has 0 radical (unpaired) electrons. The number of nitrogens with one attached hydrogen (secondary N) is 2. The van der Waals surface area contributed by atoms with Crippen LogP contribution in [0.1, 0.15) is 22.8 Å². The molecule has 5 nitrogen and oxygen atoms in total. The van der Waals surface area contributed by atoms with E-state index in [0.717, 1.165) is 12.1 Å². The minimum Gasteiger partial charge on any atom is -0.423 e. The molecule has 6 heteroatoms. The molecule has 0 unspecified atom stereocenters. The van der Waals surface area contributed by atoms with Gasteiger partial charge < -0.3 is 15.1 Å². The number of aryl methyl sites for hydroxylation is 1. The summed E-state index contributed by atoms with van der Waals surface area (Å²) in [6.45, 7) is 2.12. The number of halogens is 1. The summed E-state index contributed by atoms with van der Waals surface area (Å²) in [6.07, 6.45) is 0.994. The summed E-state index contributed by atoms with van der Waals surface area (Å²) < 4.78 is 5.74. The summed E-state index contributed by atoms with van der Waals surface area (Å²) in [5, 5.41) is 6.60. The summed E-state index contributed by atoms with van der Waals surface area (Å²) in [5.74, 6) is -0.214. The highest BCUT2D eigenvalue weighted by Gasteiger charge is 2.10. The lowest BCUT2D eigenvalue weighted by Crippen LogP contribution is -2.11. The maximum absolute atomic E-state index is 12.3. The number of oxazole rings is 1. The lowest BCUT2D eigenvalue weighted by atomic mass is 10.1. The first-order chi connectivity index (χ1) is 13.6. The van der Waals surface area contributed by atoms with Gasteiger partial charge in [-0.05, 0) is 66.6 Å². The Kier molecular flexibility index (Phi) is 5.00. The molecule has 1 amide bonds. The number of fused-ring (bicyclic) bond motifs is 1. The Balaban J connectivity index is 1.50. The first-order valence-corrected chi connectivity index (χ1v) is 9.32. The zero-order valence-corrected chi connectivity index (χ0v) is 16.0. The average Bonchev–Trinajstić information content (AvgIpc) is 3.10. The number of benzene rings is 3. The van der Waals surface area contributed by atoms with Gasteiger partial charge in [0.2, 0.25) is 0 Å². The fraction of sp³-hybridized carbons (Fsp3) is 0.0909.